The lowest BCUT2D eigenvalue weighted by molar-refractivity contribution is -0.119. The molecule has 3 rings (SSSR count). The Labute approximate surface area is 126 Å². The Hall–Kier alpha value is -2.32. The first-order valence-corrected chi connectivity index (χ1v) is 7.04. The molecule has 1 atom stereocenters. The Balaban J connectivity index is 2.14. The Morgan fingerprint density at radius 2 is 2.29 bits per heavy atom. The summed E-state index contributed by atoms with van der Waals surface area (Å²) in [5.41, 5.74) is 6.61. The molecule has 1 aliphatic rings. The van der Waals surface area contributed by atoms with Gasteiger partial charge in [-0.3, -0.25) is 4.79 Å². The standard InChI is InChI=1S/C15H13ClN4O/c16-10-3-4-12-11(7-10)9(8-17)6-14(19-12)20-5-1-2-13(20)15(18)21/h3-4,6-7,13H,1-2,5H2,(H2,18,21). The Morgan fingerprint density at radius 3 is 3.00 bits per heavy atom. The number of aromatic nitrogens is 1. The number of pyridine rings is 1. The van der Waals surface area contributed by atoms with Crippen molar-refractivity contribution >= 4 is 34.2 Å². The topological polar surface area (TPSA) is 83.0 Å². The first-order chi connectivity index (χ1) is 10.1. The fraction of sp³-hybridized carbons (Fsp3) is 0.267. The molecule has 1 amide bonds. The van der Waals surface area contributed by atoms with E-state index in [2.05, 4.69) is 11.1 Å². The lowest BCUT2D eigenvalue weighted by Crippen LogP contribution is -2.40. The highest BCUT2D eigenvalue weighted by atomic mass is 35.5. The maximum atomic E-state index is 11.5. The largest absolute Gasteiger partial charge is 0.368 e. The fourth-order valence-corrected chi connectivity index (χ4v) is 2.93. The maximum Gasteiger partial charge on any atom is 0.240 e. The molecular weight excluding hydrogens is 288 g/mol. The van der Waals surface area contributed by atoms with E-state index in [1.54, 1.807) is 24.3 Å². The van der Waals surface area contributed by atoms with Crippen LogP contribution in [0, 0.1) is 11.3 Å². The molecule has 1 saturated heterocycles. The van der Waals surface area contributed by atoms with Crippen LogP contribution in [0.25, 0.3) is 10.9 Å². The zero-order chi connectivity index (χ0) is 15.0. The van der Waals surface area contributed by atoms with Crippen LogP contribution in [-0.4, -0.2) is 23.5 Å². The zero-order valence-corrected chi connectivity index (χ0v) is 12.0. The molecule has 1 unspecified atom stereocenters. The third kappa shape index (κ3) is 2.39. The normalized spacial score (nSPS) is 17.9. The van der Waals surface area contributed by atoms with Crippen molar-refractivity contribution in [2.75, 3.05) is 11.4 Å². The minimum Gasteiger partial charge on any atom is -0.368 e. The Bertz CT molecular complexity index is 768. The van der Waals surface area contributed by atoms with Gasteiger partial charge in [-0.1, -0.05) is 11.6 Å². The second kappa shape index (κ2) is 5.23. The average Bonchev–Trinajstić information content (AvgIpc) is 2.95. The third-order valence-electron chi connectivity index (χ3n) is 3.75. The van der Waals surface area contributed by atoms with E-state index in [1.807, 2.05) is 4.90 Å². The molecule has 106 valence electrons. The number of primary amides is 1. The van der Waals surface area contributed by atoms with Gasteiger partial charge in [0, 0.05) is 17.0 Å². The minimum absolute atomic E-state index is 0.353. The molecule has 0 radical (unpaired) electrons. The molecular formula is C15H13ClN4O. The fourth-order valence-electron chi connectivity index (χ4n) is 2.76. The van der Waals surface area contributed by atoms with Crippen LogP contribution in [0.4, 0.5) is 5.82 Å². The zero-order valence-electron chi connectivity index (χ0n) is 11.2. The second-order valence-corrected chi connectivity index (χ2v) is 5.49. The number of carbonyl (C=O) groups excluding carboxylic acids is 1. The van der Waals surface area contributed by atoms with Gasteiger partial charge >= 0.3 is 0 Å². The van der Waals surface area contributed by atoms with Gasteiger partial charge in [-0.15, -0.1) is 0 Å². The van der Waals surface area contributed by atoms with Gasteiger partial charge in [0.15, 0.2) is 0 Å². The molecule has 0 spiro atoms. The first-order valence-electron chi connectivity index (χ1n) is 6.66. The third-order valence-corrected chi connectivity index (χ3v) is 3.99. The predicted octanol–water partition coefficient (Wildman–Crippen LogP) is 2.21. The summed E-state index contributed by atoms with van der Waals surface area (Å²) in [7, 11) is 0. The molecule has 21 heavy (non-hydrogen) atoms. The van der Waals surface area contributed by atoms with Crippen LogP contribution in [-0.2, 0) is 4.79 Å². The molecule has 2 aromatic rings. The van der Waals surface area contributed by atoms with E-state index in [-0.39, 0.29) is 11.9 Å². The summed E-state index contributed by atoms with van der Waals surface area (Å²) in [5.74, 6) is 0.256. The minimum atomic E-state index is -0.357. The molecule has 0 bridgehead atoms. The molecule has 0 aliphatic carbocycles. The van der Waals surface area contributed by atoms with Crippen molar-refractivity contribution < 1.29 is 4.79 Å². The number of nitrogens with two attached hydrogens (primary N) is 1. The first kappa shape index (κ1) is 13.7. The number of carbonyl (C=O) groups is 1. The van der Waals surface area contributed by atoms with E-state index in [0.29, 0.717) is 33.9 Å². The van der Waals surface area contributed by atoms with Gasteiger partial charge in [0.25, 0.3) is 0 Å². The van der Waals surface area contributed by atoms with Crippen molar-refractivity contribution in [2.45, 2.75) is 18.9 Å². The monoisotopic (exact) mass is 300 g/mol. The maximum absolute atomic E-state index is 11.5. The van der Waals surface area contributed by atoms with Crippen LogP contribution in [0.15, 0.2) is 24.3 Å². The van der Waals surface area contributed by atoms with Crippen molar-refractivity contribution in [3.05, 3.63) is 34.9 Å². The van der Waals surface area contributed by atoms with E-state index < -0.39 is 0 Å². The Kier molecular flexibility index (Phi) is 3.40. The van der Waals surface area contributed by atoms with Crippen LogP contribution in [0.3, 0.4) is 0 Å². The SMILES string of the molecule is N#Cc1cc(N2CCCC2C(N)=O)nc2ccc(Cl)cc12. The van der Waals surface area contributed by atoms with Crippen LogP contribution in [0.1, 0.15) is 18.4 Å². The lowest BCUT2D eigenvalue weighted by Gasteiger charge is -2.23. The number of hydrogen-bond donors (Lipinski definition) is 1. The summed E-state index contributed by atoms with van der Waals surface area (Å²) < 4.78 is 0. The summed E-state index contributed by atoms with van der Waals surface area (Å²) in [6, 6.07) is 8.74. The Morgan fingerprint density at radius 1 is 1.48 bits per heavy atom. The van der Waals surface area contributed by atoms with Crippen molar-refractivity contribution in [3.8, 4) is 6.07 Å². The number of rotatable bonds is 2. The summed E-state index contributed by atoms with van der Waals surface area (Å²) in [5, 5.41) is 10.6. The van der Waals surface area contributed by atoms with E-state index in [4.69, 9.17) is 17.3 Å². The summed E-state index contributed by atoms with van der Waals surface area (Å²) in [6.07, 6.45) is 1.60. The van der Waals surface area contributed by atoms with Crippen LogP contribution >= 0.6 is 11.6 Å². The molecule has 1 aromatic heterocycles. The van der Waals surface area contributed by atoms with Crippen LogP contribution < -0.4 is 10.6 Å². The van der Waals surface area contributed by atoms with Gasteiger partial charge in [-0.2, -0.15) is 5.26 Å². The van der Waals surface area contributed by atoms with Gasteiger partial charge in [0.05, 0.1) is 17.1 Å². The number of benzene rings is 1. The number of fused-ring (bicyclic) bond motifs is 1. The van der Waals surface area contributed by atoms with Crippen LogP contribution in [0.2, 0.25) is 5.02 Å². The van der Waals surface area contributed by atoms with Gasteiger partial charge < -0.3 is 10.6 Å². The number of hydrogen-bond acceptors (Lipinski definition) is 4. The summed E-state index contributed by atoms with van der Waals surface area (Å²) in [6.45, 7) is 0.713. The van der Waals surface area contributed by atoms with E-state index >= 15 is 0 Å². The quantitative estimate of drug-likeness (QED) is 0.921. The molecule has 0 saturated carbocycles. The molecule has 1 fully saturated rings. The summed E-state index contributed by atoms with van der Waals surface area (Å²) in [4.78, 5) is 17.9. The number of amides is 1. The van der Waals surface area contributed by atoms with Crippen molar-refractivity contribution in [3.63, 3.8) is 0 Å². The summed E-state index contributed by atoms with van der Waals surface area (Å²) >= 11 is 5.97. The van der Waals surface area contributed by atoms with E-state index in [0.717, 1.165) is 12.8 Å². The lowest BCUT2D eigenvalue weighted by atomic mass is 10.1. The molecule has 2 N–H and O–H groups in total. The highest BCUT2D eigenvalue weighted by Gasteiger charge is 2.30. The van der Waals surface area contributed by atoms with E-state index in [1.165, 1.54) is 0 Å². The number of nitrogens with zero attached hydrogens (tertiary/aromatic N) is 3. The van der Waals surface area contributed by atoms with Crippen molar-refractivity contribution in [1.29, 1.82) is 5.26 Å². The highest BCUT2D eigenvalue weighted by molar-refractivity contribution is 6.31. The second-order valence-electron chi connectivity index (χ2n) is 5.06. The van der Waals surface area contributed by atoms with Gasteiger partial charge in [-0.25, -0.2) is 4.98 Å². The van der Waals surface area contributed by atoms with Crippen LogP contribution in [0.5, 0.6) is 0 Å². The smallest absolute Gasteiger partial charge is 0.240 e. The molecule has 5 nitrogen and oxygen atoms in total. The average molecular weight is 301 g/mol. The van der Waals surface area contributed by atoms with Gasteiger partial charge in [0.2, 0.25) is 5.91 Å². The van der Waals surface area contributed by atoms with Gasteiger partial charge in [-0.05, 0) is 37.1 Å². The van der Waals surface area contributed by atoms with E-state index in [9.17, 15) is 10.1 Å². The predicted molar refractivity (Wildman–Crippen MR) is 81.0 cm³/mol. The van der Waals surface area contributed by atoms with Crippen molar-refractivity contribution in [1.82, 2.24) is 4.98 Å². The number of nitriles is 1. The number of anilines is 1. The molecule has 2 heterocycles. The highest BCUT2D eigenvalue weighted by Crippen LogP contribution is 2.29. The molecule has 6 heteroatoms. The number of halogens is 1. The van der Waals surface area contributed by atoms with Crippen molar-refractivity contribution in [2.24, 2.45) is 5.73 Å². The molecule has 1 aromatic carbocycles. The van der Waals surface area contributed by atoms with Gasteiger partial charge in [0.1, 0.15) is 11.9 Å². The molecule has 1 aliphatic heterocycles.